The first-order valence-corrected chi connectivity index (χ1v) is 7.16. The Kier molecular flexibility index (Phi) is 5.69. The van der Waals surface area contributed by atoms with Gasteiger partial charge in [0.1, 0.15) is 12.4 Å². The summed E-state index contributed by atoms with van der Waals surface area (Å²) in [7, 11) is 1.32. The largest absolute Gasteiger partial charge is 0.488 e. The van der Waals surface area contributed by atoms with E-state index in [9.17, 15) is 9.59 Å². The summed E-state index contributed by atoms with van der Waals surface area (Å²) < 4.78 is 10.4. The van der Waals surface area contributed by atoms with Gasteiger partial charge in [0.05, 0.1) is 18.2 Å². The number of esters is 1. The zero-order chi connectivity index (χ0) is 16.7. The Bertz CT molecular complexity index is 714. The molecule has 0 saturated heterocycles. The predicted molar refractivity (Wildman–Crippen MR) is 88.5 cm³/mol. The van der Waals surface area contributed by atoms with Crippen LogP contribution in [0.5, 0.6) is 5.75 Å². The fourth-order valence-electron chi connectivity index (χ4n) is 2.02. The lowest BCUT2D eigenvalue weighted by Gasteiger charge is -2.10. The number of aryl methyl sites for hydroxylation is 1. The van der Waals surface area contributed by atoms with Crippen LogP contribution in [0.25, 0.3) is 6.08 Å². The molecule has 0 atom stereocenters. The first-order chi connectivity index (χ1) is 11.1. The fourth-order valence-corrected chi connectivity index (χ4v) is 2.02. The molecule has 2 aromatic carbocycles. The molecule has 23 heavy (non-hydrogen) atoms. The normalized spacial score (nSPS) is 11.0. The van der Waals surface area contributed by atoms with E-state index >= 15 is 0 Å². The lowest BCUT2D eigenvalue weighted by atomic mass is 10.1. The van der Waals surface area contributed by atoms with Gasteiger partial charge in [0.15, 0.2) is 6.29 Å². The number of hydrogen-bond acceptors (Lipinski definition) is 4. The second-order valence-electron chi connectivity index (χ2n) is 5.02. The van der Waals surface area contributed by atoms with Gasteiger partial charge < -0.3 is 9.47 Å². The van der Waals surface area contributed by atoms with Crippen molar-refractivity contribution in [1.82, 2.24) is 0 Å². The first-order valence-electron chi connectivity index (χ1n) is 7.16. The molecule has 0 spiro atoms. The van der Waals surface area contributed by atoms with E-state index in [1.807, 2.05) is 31.2 Å². The third-order valence-corrected chi connectivity index (χ3v) is 3.29. The lowest BCUT2D eigenvalue weighted by molar-refractivity contribution is -0.136. The van der Waals surface area contributed by atoms with Crippen LogP contribution in [0.1, 0.15) is 21.5 Å². The Labute approximate surface area is 135 Å². The molecule has 0 aromatic heterocycles. The van der Waals surface area contributed by atoms with Gasteiger partial charge >= 0.3 is 5.97 Å². The first kappa shape index (κ1) is 16.5. The number of hydrogen-bond donors (Lipinski definition) is 0. The van der Waals surface area contributed by atoms with Crippen LogP contribution in [0.3, 0.4) is 0 Å². The number of ether oxygens (including phenoxy) is 2. The van der Waals surface area contributed by atoms with Gasteiger partial charge in [-0.3, -0.25) is 4.79 Å². The summed E-state index contributed by atoms with van der Waals surface area (Å²) in [5.74, 6) is -0.0321. The van der Waals surface area contributed by atoms with E-state index in [-0.39, 0.29) is 6.61 Å². The smallest absolute Gasteiger partial charge is 0.337 e. The van der Waals surface area contributed by atoms with Crippen LogP contribution >= 0.6 is 0 Å². The molecule has 0 heterocycles. The average Bonchev–Trinajstić information content (AvgIpc) is 2.59. The third kappa shape index (κ3) is 4.54. The number of benzene rings is 2. The summed E-state index contributed by atoms with van der Waals surface area (Å²) in [5.41, 5.74) is 2.82. The molecule has 0 aliphatic rings. The number of carbonyl (C=O) groups excluding carboxylic acids is 2. The molecule has 0 N–H and O–H groups in total. The van der Waals surface area contributed by atoms with Gasteiger partial charge in [-0.05, 0) is 30.7 Å². The summed E-state index contributed by atoms with van der Waals surface area (Å²) in [6, 6.07) is 14.6. The van der Waals surface area contributed by atoms with Crippen molar-refractivity contribution < 1.29 is 19.1 Å². The van der Waals surface area contributed by atoms with Crippen molar-refractivity contribution in [2.45, 2.75) is 6.92 Å². The van der Waals surface area contributed by atoms with Crippen LogP contribution in [-0.4, -0.2) is 26.0 Å². The van der Waals surface area contributed by atoms with Crippen LogP contribution < -0.4 is 4.74 Å². The van der Waals surface area contributed by atoms with Crippen molar-refractivity contribution in [2.24, 2.45) is 0 Å². The third-order valence-electron chi connectivity index (χ3n) is 3.29. The monoisotopic (exact) mass is 310 g/mol. The summed E-state index contributed by atoms with van der Waals surface area (Å²) in [6.07, 6.45) is 2.44. The number of carbonyl (C=O) groups is 2. The van der Waals surface area contributed by atoms with Crippen molar-refractivity contribution in [1.29, 1.82) is 0 Å². The van der Waals surface area contributed by atoms with Crippen LogP contribution in [-0.2, 0) is 9.53 Å². The van der Waals surface area contributed by atoms with Gasteiger partial charge in [0, 0.05) is 0 Å². The van der Waals surface area contributed by atoms with Gasteiger partial charge in [0.25, 0.3) is 0 Å². The van der Waals surface area contributed by atoms with Crippen LogP contribution in [0.4, 0.5) is 0 Å². The van der Waals surface area contributed by atoms with Crippen LogP contribution in [0, 0.1) is 6.92 Å². The van der Waals surface area contributed by atoms with Crippen molar-refractivity contribution in [3.8, 4) is 5.75 Å². The summed E-state index contributed by atoms with van der Waals surface area (Å²) in [4.78, 5) is 22.9. The van der Waals surface area contributed by atoms with E-state index in [2.05, 4.69) is 0 Å². The Morgan fingerprint density at radius 2 is 1.78 bits per heavy atom. The van der Waals surface area contributed by atoms with E-state index in [0.717, 1.165) is 17.4 Å². The topological polar surface area (TPSA) is 52.6 Å². The Morgan fingerprint density at radius 3 is 2.43 bits per heavy atom. The number of para-hydroxylation sites is 1. The summed E-state index contributed by atoms with van der Waals surface area (Å²) >= 11 is 0. The fraction of sp³-hybridized carbons (Fsp3) is 0.158. The van der Waals surface area contributed by atoms with Crippen LogP contribution in [0.2, 0.25) is 0 Å². The molecule has 4 heteroatoms. The quantitative estimate of drug-likeness (QED) is 0.466. The Balaban J connectivity index is 2.21. The minimum Gasteiger partial charge on any atom is -0.488 e. The molecule has 2 aromatic rings. The molecule has 0 fully saturated rings. The minimum atomic E-state index is -0.464. The maximum absolute atomic E-state index is 11.9. The summed E-state index contributed by atoms with van der Waals surface area (Å²) in [6.45, 7) is 2.01. The van der Waals surface area contributed by atoms with Crippen molar-refractivity contribution in [3.05, 3.63) is 70.8 Å². The highest BCUT2D eigenvalue weighted by atomic mass is 16.5. The highest BCUT2D eigenvalue weighted by Crippen LogP contribution is 2.18. The molecule has 0 aliphatic heterocycles. The molecule has 0 amide bonds. The predicted octanol–water partition coefficient (Wildman–Crippen LogP) is 3.44. The molecule has 0 bridgehead atoms. The second-order valence-corrected chi connectivity index (χ2v) is 5.02. The van der Waals surface area contributed by atoms with Crippen molar-refractivity contribution in [2.75, 3.05) is 13.7 Å². The van der Waals surface area contributed by atoms with E-state index in [4.69, 9.17) is 9.47 Å². The molecule has 0 aliphatic carbocycles. The van der Waals surface area contributed by atoms with Gasteiger partial charge in [-0.15, -0.1) is 0 Å². The van der Waals surface area contributed by atoms with Gasteiger partial charge in [-0.1, -0.05) is 42.0 Å². The Morgan fingerprint density at radius 1 is 1.09 bits per heavy atom. The number of methoxy groups -OCH3 is 1. The average molecular weight is 310 g/mol. The van der Waals surface area contributed by atoms with Crippen molar-refractivity contribution >= 4 is 18.3 Å². The highest BCUT2D eigenvalue weighted by molar-refractivity contribution is 5.94. The molecule has 0 saturated carbocycles. The molecule has 118 valence electrons. The van der Waals surface area contributed by atoms with Gasteiger partial charge in [-0.2, -0.15) is 0 Å². The molecule has 0 radical (unpaired) electrons. The van der Waals surface area contributed by atoms with E-state index < -0.39 is 5.97 Å². The highest BCUT2D eigenvalue weighted by Gasteiger charge is 2.12. The van der Waals surface area contributed by atoms with E-state index in [0.29, 0.717) is 16.9 Å². The zero-order valence-electron chi connectivity index (χ0n) is 13.1. The van der Waals surface area contributed by atoms with E-state index in [1.165, 1.54) is 7.11 Å². The molecule has 0 unspecified atom stereocenters. The number of rotatable bonds is 6. The minimum absolute atomic E-state index is 0.0192. The van der Waals surface area contributed by atoms with E-state index in [1.54, 1.807) is 30.3 Å². The number of aldehydes is 1. The van der Waals surface area contributed by atoms with Gasteiger partial charge in [-0.25, -0.2) is 4.79 Å². The van der Waals surface area contributed by atoms with Crippen molar-refractivity contribution in [3.63, 3.8) is 0 Å². The maximum Gasteiger partial charge on any atom is 0.337 e. The molecular formula is C19H18O4. The Hall–Kier alpha value is -2.88. The standard InChI is InChI=1S/C19H18O4/c1-14-7-9-15(10-8-14)11-17(19(21)22-2)13-23-18-6-4-3-5-16(18)12-20/h3-12H,13H2,1-2H3/b17-11+. The maximum atomic E-state index is 11.9. The molecule has 4 nitrogen and oxygen atoms in total. The lowest BCUT2D eigenvalue weighted by Crippen LogP contribution is -2.13. The zero-order valence-corrected chi connectivity index (χ0v) is 13.1. The molecule has 2 rings (SSSR count). The summed E-state index contributed by atoms with van der Waals surface area (Å²) in [5, 5.41) is 0. The van der Waals surface area contributed by atoms with Gasteiger partial charge in [0.2, 0.25) is 0 Å². The molecular weight excluding hydrogens is 292 g/mol. The SMILES string of the molecule is COC(=O)/C(=C/c1ccc(C)cc1)COc1ccccc1C=O. The van der Waals surface area contributed by atoms with Crippen LogP contribution in [0.15, 0.2) is 54.1 Å². The second kappa shape index (κ2) is 7.94.